The molecule has 10 N–H and O–H groups in total. The SMILES string of the molecule is C=CC[NH2+]CC.[Cl-].[Cl-].[Cl-].[NH4+].[NH4+]. The minimum atomic E-state index is 0. The first-order valence-electron chi connectivity index (χ1n) is 2.34. The summed E-state index contributed by atoms with van der Waals surface area (Å²) >= 11 is 0. The summed E-state index contributed by atoms with van der Waals surface area (Å²) in [5, 5.41) is 2.19. The average Bonchev–Trinajstić information content (AvgIpc) is 1.61. The van der Waals surface area contributed by atoms with Gasteiger partial charge in [-0.05, 0) is 13.0 Å². The maximum atomic E-state index is 3.57. The van der Waals surface area contributed by atoms with Crippen LogP contribution in [0.25, 0.3) is 0 Å². The summed E-state index contributed by atoms with van der Waals surface area (Å²) in [4.78, 5) is 0. The molecular weight excluding hydrogens is 208 g/mol. The highest BCUT2D eigenvalue weighted by atomic mass is 35.5. The van der Waals surface area contributed by atoms with Gasteiger partial charge >= 0.3 is 0 Å². The van der Waals surface area contributed by atoms with Gasteiger partial charge in [0.1, 0.15) is 0 Å². The molecule has 0 rings (SSSR count). The third-order valence-electron chi connectivity index (χ3n) is 0.622. The van der Waals surface area contributed by atoms with Crippen LogP contribution in [-0.4, -0.2) is 13.1 Å². The van der Waals surface area contributed by atoms with Gasteiger partial charge < -0.3 is 54.8 Å². The summed E-state index contributed by atoms with van der Waals surface area (Å²) in [5.41, 5.74) is 0. The van der Waals surface area contributed by atoms with Crippen molar-refractivity contribution in [2.75, 3.05) is 13.1 Å². The van der Waals surface area contributed by atoms with E-state index in [1.165, 1.54) is 0 Å². The van der Waals surface area contributed by atoms with E-state index in [1.807, 2.05) is 6.08 Å². The Morgan fingerprint density at radius 3 is 1.64 bits per heavy atom. The van der Waals surface area contributed by atoms with Crippen molar-refractivity contribution < 1.29 is 42.5 Å². The molecule has 0 aromatic heterocycles. The van der Waals surface area contributed by atoms with Crippen LogP contribution in [0.1, 0.15) is 6.92 Å². The maximum absolute atomic E-state index is 3.57. The molecule has 0 aliphatic carbocycles. The van der Waals surface area contributed by atoms with E-state index < -0.39 is 0 Å². The molecule has 0 aromatic rings. The minimum Gasteiger partial charge on any atom is -1.00 e. The van der Waals surface area contributed by atoms with Gasteiger partial charge in [0.05, 0.1) is 13.1 Å². The molecule has 0 heterocycles. The molecule has 76 valence electrons. The highest BCUT2D eigenvalue weighted by Gasteiger charge is 1.70. The maximum Gasteiger partial charge on any atom is 0.0939 e. The van der Waals surface area contributed by atoms with Crippen molar-refractivity contribution in [3.05, 3.63) is 12.7 Å². The lowest BCUT2D eigenvalue weighted by atomic mass is 10.6. The van der Waals surface area contributed by atoms with Gasteiger partial charge in [-0.2, -0.15) is 0 Å². The van der Waals surface area contributed by atoms with Gasteiger partial charge in [0.2, 0.25) is 0 Å². The van der Waals surface area contributed by atoms with Crippen LogP contribution in [0.2, 0.25) is 0 Å². The monoisotopic (exact) mass is 227 g/mol. The van der Waals surface area contributed by atoms with Gasteiger partial charge in [0.15, 0.2) is 0 Å². The molecule has 0 spiro atoms. The zero-order valence-electron chi connectivity index (χ0n) is 7.41. The predicted molar refractivity (Wildman–Crippen MR) is 39.5 cm³/mol. The molecule has 0 saturated carbocycles. The molecule has 0 aliphatic heterocycles. The summed E-state index contributed by atoms with van der Waals surface area (Å²) in [6, 6.07) is 0. The molecule has 0 bridgehead atoms. The molecule has 6 heteroatoms. The Hall–Kier alpha value is 0.490. The second-order valence-electron chi connectivity index (χ2n) is 1.22. The lowest BCUT2D eigenvalue weighted by Gasteiger charge is -1.85. The van der Waals surface area contributed by atoms with Gasteiger partial charge in [-0.3, -0.25) is 0 Å². The Kier molecular flexibility index (Phi) is 179. The lowest BCUT2D eigenvalue weighted by molar-refractivity contribution is -0.642. The fourth-order valence-electron chi connectivity index (χ4n) is 0.285. The number of rotatable bonds is 3. The Balaban J connectivity index is -0.0000000125. The summed E-state index contributed by atoms with van der Waals surface area (Å²) in [6.07, 6.45) is 1.91. The smallest absolute Gasteiger partial charge is 0.0939 e. The van der Waals surface area contributed by atoms with Crippen molar-refractivity contribution >= 4 is 0 Å². The molecule has 0 unspecified atom stereocenters. The fourth-order valence-corrected chi connectivity index (χ4v) is 0.285. The van der Waals surface area contributed by atoms with Crippen LogP contribution in [0, 0.1) is 0 Å². The largest absolute Gasteiger partial charge is 1.00 e. The number of nitrogens with two attached hydrogens (primary N) is 1. The average molecular weight is 229 g/mol. The zero-order chi connectivity index (χ0) is 4.83. The summed E-state index contributed by atoms with van der Waals surface area (Å²) in [5.74, 6) is 0. The molecule has 0 saturated heterocycles. The molecule has 0 atom stereocenters. The fraction of sp³-hybridized carbons (Fsp3) is 0.600. The van der Waals surface area contributed by atoms with Gasteiger partial charge in [-0.25, -0.2) is 0 Å². The van der Waals surface area contributed by atoms with E-state index in [4.69, 9.17) is 0 Å². The number of halogens is 3. The number of quaternary nitrogens is 3. The van der Waals surface area contributed by atoms with Gasteiger partial charge in [0.25, 0.3) is 0 Å². The highest BCUT2D eigenvalue weighted by Crippen LogP contribution is 1.42. The van der Waals surface area contributed by atoms with Crippen molar-refractivity contribution in [2.45, 2.75) is 6.92 Å². The minimum absolute atomic E-state index is 0. The number of hydrogen-bond acceptors (Lipinski definition) is 0. The van der Waals surface area contributed by atoms with Crippen LogP contribution < -0.4 is 54.8 Å². The first-order chi connectivity index (χ1) is 2.91. The molecular formula is C5H20Cl3N3. The van der Waals surface area contributed by atoms with Crippen LogP contribution in [0.3, 0.4) is 0 Å². The third kappa shape index (κ3) is 62.1. The molecule has 11 heavy (non-hydrogen) atoms. The molecule has 0 fully saturated rings. The van der Waals surface area contributed by atoms with E-state index in [0.717, 1.165) is 13.1 Å². The van der Waals surface area contributed by atoms with E-state index in [9.17, 15) is 0 Å². The molecule has 0 aliphatic rings. The highest BCUT2D eigenvalue weighted by molar-refractivity contribution is 4.60. The molecule has 0 radical (unpaired) electrons. The quantitative estimate of drug-likeness (QED) is 0.316. The standard InChI is InChI=1S/C5H11N.3ClH.2H3N/c1-3-5-6-4-2;;;;;/h3,6H,1,4-5H2,2H3;3*1H;2*1H3. The first-order valence-corrected chi connectivity index (χ1v) is 2.34. The van der Waals surface area contributed by atoms with Crippen LogP contribution in [-0.2, 0) is 0 Å². The Morgan fingerprint density at radius 1 is 1.18 bits per heavy atom. The third-order valence-corrected chi connectivity index (χ3v) is 0.622. The van der Waals surface area contributed by atoms with Crippen molar-refractivity contribution in [1.82, 2.24) is 12.3 Å². The van der Waals surface area contributed by atoms with Crippen LogP contribution in [0.4, 0.5) is 0 Å². The van der Waals surface area contributed by atoms with E-state index in [1.54, 1.807) is 0 Å². The summed E-state index contributed by atoms with van der Waals surface area (Å²) < 4.78 is 0. The van der Waals surface area contributed by atoms with Crippen LogP contribution >= 0.6 is 0 Å². The van der Waals surface area contributed by atoms with E-state index in [2.05, 4.69) is 18.8 Å². The predicted octanol–water partition coefficient (Wildman–Crippen LogP) is -8.48. The number of hydrogen-bond donors (Lipinski definition) is 3. The van der Waals surface area contributed by atoms with E-state index >= 15 is 0 Å². The van der Waals surface area contributed by atoms with Crippen LogP contribution in [0.15, 0.2) is 12.7 Å². The Bertz CT molecular complexity index is 46.0. The Labute approximate surface area is 87.8 Å². The van der Waals surface area contributed by atoms with Crippen LogP contribution in [0.5, 0.6) is 0 Å². The molecule has 3 nitrogen and oxygen atoms in total. The Morgan fingerprint density at radius 2 is 1.55 bits per heavy atom. The molecule has 0 amide bonds. The topological polar surface area (TPSA) is 89.6 Å². The summed E-state index contributed by atoms with van der Waals surface area (Å²) in [6.45, 7) is 7.91. The zero-order valence-corrected chi connectivity index (χ0v) is 9.68. The lowest BCUT2D eigenvalue weighted by Crippen LogP contribution is -3.00. The van der Waals surface area contributed by atoms with E-state index in [-0.39, 0.29) is 49.5 Å². The second-order valence-corrected chi connectivity index (χ2v) is 1.22. The van der Waals surface area contributed by atoms with Crippen molar-refractivity contribution in [3.63, 3.8) is 0 Å². The second kappa shape index (κ2) is 46.9. The van der Waals surface area contributed by atoms with Crippen molar-refractivity contribution in [3.8, 4) is 0 Å². The van der Waals surface area contributed by atoms with Gasteiger partial charge in [-0.15, -0.1) is 0 Å². The van der Waals surface area contributed by atoms with E-state index in [0.29, 0.717) is 0 Å². The van der Waals surface area contributed by atoms with Crippen molar-refractivity contribution in [2.24, 2.45) is 0 Å². The normalized spacial score (nSPS) is 4.45. The van der Waals surface area contributed by atoms with Gasteiger partial charge in [-0.1, -0.05) is 6.58 Å². The molecule has 0 aromatic carbocycles. The first kappa shape index (κ1) is 41.9. The summed E-state index contributed by atoms with van der Waals surface area (Å²) in [7, 11) is 0. The van der Waals surface area contributed by atoms with Gasteiger partial charge in [0, 0.05) is 0 Å². The number of likely N-dealkylation sites (N-methyl/N-ethyl adjacent to an activating group) is 1. The van der Waals surface area contributed by atoms with Crippen molar-refractivity contribution in [1.29, 1.82) is 0 Å².